The van der Waals surface area contributed by atoms with Crippen LogP contribution in [0.1, 0.15) is 0 Å². The van der Waals surface area contributed by atoms with Crippen molar-refractivity contribution in [1.29, 1.82) is 0 Å². The average molecular weight is 276 g/mol. The maximum Gasteiger partial charge on any atom is 0.413 e. The van der Waals surface area contributed by atoms with E-state index in [0.717, 1.165) is 0 Å². The molecule has 1 aliphatic heterocycles. The fourth-order valence-corrected chi connectivity index (χ4v) is 0.909. The van der Waals surface area contributed by atoms with Gasteiger partial charge < -0.3 is 0 Å². The maximum absolute atomic E-state index is 12.4. The van der Waals surface area contributed by atoms with Gasteiger partial charge in [-0.15, -0.1) is 0 Å². The lowest BCUT2D eigenvalue weighted by molar-refractivity contribution is -0.411. The molecule has 17 heavy (non-hydrogen) atoms. The van der Waals surface area contributed by atoms with E-state index in [4.69, 9.17) is 0 Å². The van der Waals surface area contributed by atoms with Crippen molar-refractivity contribution in [2.75, 3.05) is 7.18 Å². The molecule has 0 N–H and O–H groups in total. The van der Waals surface area contributed by atoms with Gasteiger partial charge in [0.15, 0.2) is 11.7 Å². The zero-order valence-corrected chi connectivity index (χ0v) is 7.96. The molecule has 0 aromatic carbocycles. The summed E-state index contributed by atoms with van der Waals surface area (Å²) in [5, 5.41) is 0. The Morgan fingerprint density at radius 2 is 1.53 bits per heavy atom. The second-order valence-corrected chi connectivity index (χ2v) is 2.71. The third-order valence-corrected chi connectivity index (χ3v) is 1.57. The van der Waals surface area contributed by atoms with Crippen molar-refractivity contribution in [2.24, 2.45) is 5.92 Å². The summed E-state index contributed by atoms with van der Waals surface area (Å²) in [5.41, 5.74) is 0. The van der Waals surface area contributed by atoms with Crippen molar-refractivity contribution in [2.45, 2.75) is 18.4 Å². The molecule has 0 saturated heterocycles. The highest BCUT2D eigenvalue weighted by Gasteiger charge is 2.64. The number of rotatable bonds is 0. The van der Waals surface area contributed by atoms with Gasteiger partial charge in [0.1, 0.15) is 0 Å². The molecule has 0 amide bonds. The summed E-state index contributed by atoms with van der Waals surface area (Å²) >= 11 is 0. The predicted octanol–water partition coefficient (Wildman–Crippen LogP) is 3.82. The van der Waals surface area contributed by atoms with Crippen molar-refractivity contribution in [3.8, 4) is 0 Å². The summed E-state index contributed by atoms with van der Waals surface area (Å²) in [6, 6.07) is 0. The topological polar surface area (TPSA) is 9.23 Å². The molecule has 0 bridgehead atoms. The third kappa shape index (κ3) is 3.51. The number of halogens is 9. The lowest BCUT2D eigenvalue weighted by atomic mass is 10.1. The van der Waals surface area contributed by atoms with Gasteiger partial charge in [-0.1, -0.05) is 0 Å². The Labute approximate surface area is 88.8 Å². The molecular formula is C7H5F9O. The Kier molecular flexibility index (Phi) is 4.49. The molecule has 1 heterocycles. The Morgan fingerprint density at radius 1 is 1.12 bits per heavy atom. The van der Waals surface area contributed by atoms with E-state index in [1.165, 1.54) is 0 Å². The van der Waals surface area contributed by atoms with Crippen molar-refractivity contribution < 1.29 is 44.3 Å². The van der Waals surface area contributed by atoms with Gasteiger partial charge in [-0.25, -0.2) is 9.13 Å². The van der Waals surface area contributed by atoms with E-state index in [2.05, 4.69) is 4.74 Å². The van der Waals surface area contributed by atoms with E-state index in [1.54, 1.807) is 0 Å². The van der Waals surface area contributed by atoms with Crippen LogP contribution in [-0.4, -0.2) is 25.6 Å². The van der Waals surface area contributed by atoms with Gasteiger partial charge in [-0.05, 0) is 6.08 Å². The molecule has 0 spiro atoms. The Morgan fingerprint density at radius 3 is 1.88 bits per heavy atom. The standard InChI is InChI=1S/C6H2F8O.CH3F/c7-3-1-2(4(8,9)10)5(11,12)15-6(3,13)14;1-2/h1-2H;1H3. The van der Waals surface area contributed by atoms with E-state index < -0.39 is 36.2 Å². The minimum Gasteiger partial charge on any atom is -0.255 e. The molecule has 0 aromatic rings. The first-order chi connectivity index (χ1) is 7.47. The molecule has 0 aromatic heterocycles. The van der Waals surface area contributed by atoms with E-state index in [1.807, 2.05) is 0 Å². The van der Waals surface area contributed by atoms with Crippen LogP contribution in [0.4, 0.5) is 39.5 Å². The predicted molar refractivity (Wildman–Crippen MR) is 36.7 cm³/mol. The van der Waals surface area contributed by atoms with Gasteiger partial charge in [0.05, 0.1) is 7.18 Å². The molecule has 1 unspecified atom stereocenters. The van der Waals surface area contributed by atoms with Crippen LogP contribution in [-0.2, 0) is 4.74 Å². The monoisotopic (exact) mass is 276 g/mol. The Bertz CT molecular complexity index is 292. The fraction of sp³-hybridized carbons (Fsp3) is 0.714. The zero-order chi connectivity index (χ0) is 14.1. The first kappa shape index (κ1) is 16.1. The van der Waals surface area contributed by atoms with Gasteiger partial charge in [0.25, 0.3) is 0 Å². The van der Waals surface area contributed by atoms with E-state index in [-0.39, 0.29) is 0 Å². The quantitative estimate of drug-likeness (QED) is 0.611. The molecule has 0 fully saturated rings. The normalized spacial score (nSPS) is 26.7. The van der Waals surface area contributed by atoms with E-state index in [9.17, 15) is 39.5 Å². The highest BCUT2D eigenvalue weighted by Crippen LogP contribution is 2.49. The number of hydrogen-bond acceptors (Lipinski definition) is 1. The molecule has 102 valence electrons. The largest absolute Gasteiger partial charge is 0.413 e. The smallest absolute Gasteiger partial charge is 0.255 e. The fourth-order valence-electron chi connectivity index (χ4n) is 0.909. The molecule has 1 rings (SSSR count). The molecule has 0 saturated carbocycles. The molecule has 10 heteroatoms. The molecule has 1 atom stereocenters. The average Bonchev–Trinajstić information content (AvgIpc) is 2.11. The molecule has 0 aliphatic carbocycles. The summed E-state index contributed by atoms with van der Waals surface area (Å²) in [4.78, 5) is 0. The minimum atomic E-state index is -5.57. The van der Waals surface area contributed by atoms with E-state index >= 15 is 0 Å². The molecule has 0 radical (unpaired) electrons. The van der Waals surface area contributed by atoms with Crippen molar-refractivity contribution in [3.63, 3.8) is 0 Å². The molecule has 1 nitrogen and oxygen atoms in total. The molecule has 1 aliphatic rings. The van der Waals surface area contributed by atoms with Crippen molar-refractivity contribution in [3.05, 3.63) is 11.9 Å². The van der Waals surface area contributed by atoms with Crippen LogP contribution >= 0.6 is 0 Å². The SMILES string of the molecule is CF.FC1=CC(C(F)(F)F)C(F)(F)OC1(F)F. The highest BCUT2D eigenvalue weighted by atomic mass is 19.4. The van der Waals surface area contributed by atoms with Crippen LogP contribution in [0, 0.1) is 5.92 Å². The lowest BCUT2D eigenvalue weighted by Crippen LogP contribution is -2.48. The second-order valence-electron chi connectivity index (χ2n) is 2.71. The number of alkyl halides is 8. The van der Waals surface area contributed by atoms with Gasteiger partial charge >= 0.3 is 18.4 Å². The van der Waals surface area contributed by atoms with Crippen LogP contribution in [0.5, 0.6) is 0 Å². The first-order valence-corrected chi connectivity index (χ1v) is 3.75. The summed E-state index contributed by atoms with van der Waals surface area (Å²) in [6.07, 6.45) is -16.7. The van der Waals surface area contributed by atoms with Crippen molar-refractivity contribution >= 4 is 0 Å². The second kappa shape index (κ2) is 4.75. The van der Waals surface area contributed by atoms with Crippen LogP contribution in [0.15, 0.2) is 11.9 Å². The number of ether oxygens (including phenoxy) is 1. The van der Waals surface area contributed by atoms with Crippen LogP contribution in [0.25, 0.3) is 0 Å². The van der Waals surface area contributed by atoms with Crippen LogP contribution < -0.4 is 0 Å². The first-order valence-electron chi connectivity index (χ1n) is 3.75. The highest BCUT2D eigenvalue weighted by molar-refractivity contribution is 5.10. The van der Waals surface area contributed by atoms with Gasteiger partial charge in [-0.2, -0.15) is 30.7 Å². The van der Waals surface area contributed by atoms with Crippen LogP contribution in [0.3, 0.4) is 0 Å². The summed E-state index contributed by atoms with van der Waals surface area (Å²) in [6.45, 7) is 0. The van der Waals surface area contributed by atoms with E-state index in [0.29, 0.717) is 7.18 Å². The molecular weight excluding hydrogens is 271 g/mol. The van der Waals surface area contributed by atoms with Gasteiger partial charge in [0.2, 0.25) is 0 Å². The maximum atomic E-state index is 12.4. The summed E-state index contributed by atoms with van der Waals surface area (Å²) in [7, 11) is 0.500. The Balaban J connectivity index is 0.00000121. The third-order valence-electron chi connectivity index (χ3n) is 1.57. The van der Waals surface area contributed by atoms with Crippen molar-refractivity contribution in [1.82, 2.24) is 0 Å². The minimum absolute atomic E-state index is 0.500. The lowest BCUT2D eigenvalue weighted by Gasteiger charge is -2.32. The van der Waals surface area contributed by atoms with Gasteiger partial charge in [-0.3, -0.25) is 4.39 Å². The summed E-state index contributed by atoms with van der Waals surface area (Å²) in [5.74, 6) is -6.40. The summed E-state index contributed by atoms with van der Waals surface area (Å²) < 4.78 is 109. The Hall–Kier alpha value is -0.930. The number of hydrogen-bond donors (Lipinski definition) is 0. The van der Waals surface area contributed by atoms with Crippen LogP contribution in [0.2, 0.25) is 0 Å². The zero-order valence-electron chi connectivity index (χ0n) is 7.96. The van der Waals surface area contributed by atoms with Gasteiger partial charge in [0, 0.05) is 0 Å².